The molecule has 1 saturated carbocycles. The van der Waals surface area contributed by atoms with Gasteiger partial charge in [-0.15, -0.1) is 0 Å². The van der Waals surface area contributed by atoms with Crippen LogP contribution in [0.25, 0.3) is 0 Å². The third kappa shape index (κ3) is 4.09. The van der Waals surface area contributed by atoms with Crippen molar-refractivity contribution >= 4 is 5.91 Å². The Morgan fingerprint density at radius 2 is 2.00 bits per heavy atom. The zero-order valence-electron chi connectivity index (χ0n) is 9.21. The summed E-state index contributed by atoms with van der Waals surface area (Å²) in [5.74, 6) is 0.862. The van der Waals surface area contributed by atoms with Gasteiger partial charge in [0.1, 0.15) is 6.61 Å². The Morgan fingerprint density at radius 3 is 2.57 bits per heavy atom. The molecule has 1 amide bonds. The SMILES string of the molecule is CCOCC(=O)NC1CCC(C)CC1. The molecule has 0 saturated heterocycles. The maximum atomic E-state index is 11.3. The van der Waals surface area contributed by atoms with E-state index in [1.54, 1.807) is 0 Å². The highest BCUT2D eigenvalue weighted by Crippen LogP contribution is 2.23. The fourth-order valence-electron chi connectivity index (χ4n) is 1.87. The van der Waals surface area contributed by atoms with Gasteiger partial charge in [0, 0.05) is 12.6 Å². The predicted molar refractivity (Wildman–Crippen MR) is 56.1 cm³/mol. The molecule has 0 radical (unpaired) electrons. The fourth-order valence-corrected chi connectivity index (χ4v) is 1.87. The number of amides is 1. The number of carbonyl (C=O) groups excluding carboxylic acids is 1. The molecular weight excluding hydrogens is 178 g/mol. The molecule has 1 aliphatic rings. The molecule has 0 aliphatic heterocycles. The Morgan fingerprint density at radius 1 is 1.36 bits per heavy atom. The zero-order valence-corrected chi connectivity index (χ0v) is 9.21. The average molecular weight is 199 g/mol. The van der Waals surface area contributed by atoms with Gasteiger partial charge in [-0.1, -0.05) is 6.92 Å². The molecule has 0 bridgehead atoms. The Hall–Kier alpha value is -0.570. The number of nitrogens with one attached hydrogen (secondary N) is 1. The standard InChI is InChI=1S/C11H21NO2/c1-3-14-8-11(13)12-10-6-4-9(2)5-7-10/h9-10H,3-8H2,1-2H3,(H,12,13). The van der Waals surface area contributed by atoms with Crippen LogP contribution in [0.3, 0.4) is 0 Å². The van der Waals surface area contributed by atoms with Crippen molar-refractivity contribution in [1.82, 2.24) is 5.32 Å². The van der Waals surface area contributed by atoms with E-state index in [-0.39, 0.29) is 12.5 Å². The Balaban J connectivity index is 2.14. The van der Waals surface area contributed by atoms with Crippen LogP contribution in [0.2, 0.25) is 0 Å². The Labute approximate surface area is 86.2 Å². The number of hydrogen-bond acceptors (Lipinski definition) is 2. The van der Waals surface area contributed by atoms with Gasteiger partial charge >= 0.3 is 0 Å². The lowest BCUT2D eigenvalue weighted by atomic mass is 9.87. The minimum atomic E-state index is 0.0337. The number of hydrogen-bond donors (Lipinski definition) is 1. The van der Waals surface area contributed by atoms with Crippen molar-refractivity contribution in [2.24, 2.45) is 5.92 Å². The first kappa shape index (κ1) is 11.5. The van der Waals surface area contributed by atoms with E-state index in [0.717, 1.165) is 18.8 Å². The van der Waals surface area contributed by atoms with E-state index in [1.807, 2.05) is 6.92 Å². The van der Waals surface area contributed by atoms with Crippen LogP contribution in [-0.2, 0) is 9.53 Å². The summed E-state index contributed by atoms with van der Waals surface area (Å²) in [7, 11) is 0. The van der Waals surface area contributed by atoms with Gasteiger partial charge in [0.15, 0.2) is 0 Å². The molecule has 0 spiro atoms. The smallest absolute Gasteiger partial charge is 0.246 e. The second-order valence-electron chi connectivity index (χ2n) is 4.16. The number of carbonyl (C=O) groups is 1. The van der Waals surface area contributed by atoms with E-state index < -0.39 is 0 Å². The van der Waals surface area contributed by atoms with Gasteiger partial charge in [-0.05, 0) is 38.5 Å². The normalized spacial score (nSPS) is 27.3. The maximum Gasteiger partial charge on any atom is 0.246 e. The Bertz CT molecular complexity index is 174. The first-order chi connectivity index (χ1) is 6.72. The summed E-state index contributed by atoms with van der Waals surface area (Å²) in [5, 5.41) is 3.01. The summed E-state index contributed by atoms with van der Waals surface area (Å²) < 4.78 is 5.05. The van der Waals surface area contributed by atoms with Crippen molar-refractivity contribution in [2.75, 3.05) is 13.2 Å². The zero-order chi connectivity index (χ0) is 10.4. The lowest BCUT2D eigenvalue weighted by Gasteiger charge is -2.26. The summed E-state index contributed by atoms with van der Waals surface area (Å²) in [4.78, 5) is 11.3. The molecule has 3 nitrogen and oxygen atoms in total. The summed E-state index contributed by atoms with van der Waals surface area (Å²) in [5.41, 5.74) is 0. The van der Waals surface area contributed by atoms with Crippen molar-refractivity contribution in [2.45, 2.75) is 45.6 Å². The summed E-state index contributed by atoms with van der Waals surface area (Å²) >= 11 is 0. The van der Waals surface area contributed by atoms with Crippen LogP contribution < -0.4 is 5.32 Å². The van der Waals surface area contributed by atoms with Gasteiger partial charge in [-0.25, -0.2) is 0 Å². The molecule has 14 heavy (non-hydrogen) atoms. The number of rotatable bonds is 4. The van der Waals surface area contributed by atoms with E-state index in [9.17, 15) is 4.79 Å². The lowest BCUT2D eigenvalue weighted by molar-refractivity contribution is -0.126. The van der Waals surface area contributed by atoms with Crippen molar-refractivity contribution in [3.05, 3.63) is 0 Å². The van der Waals surface area contributed by atoms with E-state index in [4.69, 9.17) is 4.74 Å². The van der Waals surface area contributed by atoms with Gasteiger partial charge in [0.25, 0.3) is 0 Å². The fraction of sp³-hybridized carbons (Fsp3) is 0.909. The average Bonchev–Trinajstić information content (AvgIpc) is 2.18. The van der Waals surface area contributed by atoms with E-state index in [2.05, 4.69) is 12.2 Å². The topological polar surface area (TPSA) is 38.3 Å². The molecule has 1 fully saturated rings. The molecule has 0 unspecified atom stereocenters. The lowest BCUT2D eigenvalue weighted by Crippen LogP contribution is -2.39. The van der Waals surface area contributed by atoms with Crippen LogP contribution in [0.15, 0.2) is 0 Å². The molecular formula is C11H21NO2. The van der Waals surface area contributed by atoms with E-state index >= 15 is 0 Å². The highest BCUT2D eigenvalue weighted by molar-refractivity contribution is 5.77. The monoisotopic (exact) mass is 199 g/mol. The van der Waals surface area contributed by atoms with E-state index in [0.29, 0.717) is 12.6 Å². The molecule has 1 aliphatic carbocycles. The molecule has 1 N–H and O–H groups in total. The van der Waals surface area contributed by atoms with Gasteiger partial charge in [-0.3, -0.25) is 4.79 Å². The van der Waals surface area contributed by atoms with Crippen LogP contribution in [0.5, 0.6) is 0 Å². The first-order valence-electron chi connectivity index (χ1n) is 5.59. The highest BCUT2D eigenvalue weighted by atomic mass is 16.5. The molecule has 0 aromatic rings. The molecule has 0 aromatic heterocycles. The molecule has 3 heteroatoms. The summed E-state index contributed by atoms with van der Waals surface area (Å²) in [6, 6.07) is 0.388. The van der Waals surface area contributed by atoms with Gasteiger partial charge in [-0.2, -0.15) is 0 Å². The van der Waals surface area contributed by atoms with Crippen LogP contribution in [0.1, 0.15) is 39.5 Å². The van der Waals surface area contributed by atoms with Crippen molar-refractivity contribution in [1.29, 1.82) is 0 Å². The third-order valence-corrected chi connectivity index (χ3v) is 2.82. The van der Waals surface area contributed by atoms with Crippen molar-refractivity contribution in [3.63, 3.8) is 0 Å². The van der Waals surface area contributed by atoms with Crippen LogP contribution in [0, 0.1) is 5.92 Å². The van der Waals surface area contributed by atoms with Crippen LogP contribution >= 0.6 is 0 Å². The van der Waals surface area contributed by atoms with Gasteiger partial charge < -0.3 is 10.1 Å². The first-order valence-corrected chi connectivity index (χ1v) is 5.59. The molecule has 0 heterocycles. The molecule has 82 valence electrons. The Kier molecular flexibility index (Phi) is 4.94. The second-order valence-corrected chi connectivity index (χ2v) is 4.16. The summed E-state index contributed by atoms with van der Waals surface area (Å²) in [6.07, 6.45) is 4.72. The maximum absolute atomic E-state index is 11.3. The van der Waals surface area contributed by atoms with Gasteiger partial charge in [0.2, 0.25) is 5.91 Å². The van der Waals surface area contributed by atoms with Crippen molar-refractivity contribution in [3.8, 4) is 0 Å². The highest BCUT2D eigenvalue weighted by Gasteiger charge is 2.19. The second kappa shape index (κ2) is 6.02. The van der Waals surface area contributed by atoms with Gasteiger partial charge in [0.05, 0.1) is 0 Å². The molecule has 1 rings (SSSR count). The predicted octanol–water partition coefficient (Wildman–Crippen LogP) is 1.72. The third-order valence-electron chi connectivity index (χ3n) is 2.82. The largest absolute Gasteiger partial charge is 0.372 e. The minimum Gasteiger partial charge on any atom is -0.372 e. The van der Waals surface area contributed by atoms with Crippen molar-refractivity contribution < 1.29 is 9.53 Å². The molecule has 0 aromatic carbocycles. The van der Waals surface area contributed by atoms with Crippen LogP contribution in [0.4, 0.5) is 0 Å². The quantitative estimate of drug-likeness (QED) is 0.748. The minimum absolute atomic E-state index is 0.0337. The number of ether oxygens (including phenoxy) is 1. The van der Waals surface area contributed by atoms with Crippen LogP contribution in [-0.4, -0.2) is 25.2 Å². The van der Waals surface area contributed by atoms with E-state index in [1.165, 1.54) is 12.8 Å². The summed E-state index contributed by atoms with van der Waals surface area (Å²) in [6.45, 7) is 4.99. The molecule has 0 atom stereocenters.